The van der Waals surface area contributed by atoms with Gasteiger partial charge < -0.3 is 29.7 Å². The second-order valence-corrected chi connectivity index (χ2v) is 10.5. The van der Waals surface area contributed by atoms with E-state index in [1.54, 1.807) is 30.9 Å². The smallest absolute Gasteiger partial charge is 0.313 e. The maximum Gasteiger partial charge on any atom is 0.313 e. The summed E-state index contributed by atoms with van der Waals surface area (Å²) in [5.41, 5.74) is -1.30. The van der Waals surface area contributed by atoms with E-state index in [0.717, 1.165) is 19.3 Å². The number of unbranched alkanes of at least 4 members (excludes halogenated alkanes) is 2. The number of fused-ring (bicyclic) bond motifs is 2. The minimum atomic E-state index is -1.30. The molecular weight excluding hydrogens is 478 g/mol. The topological polar surface area (TPSA) is 125 Å². The fourth-order valence-corrected chi connectivity index (χ4v) is 5.93. The summed E-state index contributed by atoms with van der Waals surface area (Å²) in [5.74, 6) is -3.24. The van der Waals surface area contributed by atoms with Gasteiger partial charge in [-0.1, -0.05) is 44.1 Å². The number of rotatable bonds is 6. The van der Waals surface area contributed by atoms with E-state index in [-0.39, 0.29) is 37.3 Å². The van der Waals surface area contributed by atoms with Crippen molar-refractivity contribution in [2.75, 3.05) is 26.2 Å². The van der Waals surface area contributed by atoms with Crippen molar-refractivity contribution in [2.45, 2.75) is 82.8 Å². The Hall–Kier alpha value is -2.72. The predicted molar refractivity (Wildman–Crippen MR) is 134 cm³/mol. The molecule has 0 aromatic rings. The van der Waals surface area contributed by atoms with Crippen molar-refractivity contribution in [1.82, 2.24) is 15.1 Å². The van der Waals surface area contributed by atoms with Gasteiger partial charge in [-0.05, 0) is 26.7 Å². The summed E-state index contributed by atoms with van der Waals surface area (Å²) in [4.78, 5) is 56.7. The number of likely N-dealkylation sites (tertiary alicyclic amines) is 1. The number of nitrogens with one attached hydrogen (secondary N) is 1. The minimum Gasteiger partial charge on any atom is -0.460 e. The van der Waals surface area contributed by atoms with Gasteiger partial charge in [-0.25, -0.2) is 0 Å². The van der Waals surface area contributed by atoms with Crippen molar-refractivity contribution in [3.8, 4) is 0 Å². The highest BCUT2D eigenvalue weighted by Gasteiger charge is 2.74. The number of hydrogen-bond acceptors (Lipinski definition) is 7. The summed E-state index contributed by atoms with van der Waals surface area (Å²) in [7, 11) is 0. The van der Waals surface area contributed by atoms with Crippen molar-refractivity contribution in [3.63, 3.8) is 0 Å². The van der Waals surface area contributed by atoms with Crippen LogP contribution < -0.4 is 5.32 Å². The summed E-state index contributed by atoms with van der Waals surface area (Å²) in [6, 6.07) is -1.64. The highest BCUT2D eigenvalue weighted by molar-refractivity contribution is 5.99. The number of amides is 3. The van der Waals surface area contributed by atoms with Crippen LogP contribution in [0, 0.1) is 11.8 Å². The van der Waals surface area contributed by atoms with Gasteiger partial charge in [0.2, 0.25) is 17.7 Å². The molecule has 0 aromatic carbocycles. The van der Waals surface area contributed by atoms with Crippen LogP contribution in [-0.4, -0.2) is 94.7 Å². The van der Waals surface area contributed by atoms with Crippen LogP contribution in [0.15, 0.2) is 24.3 Å². The van der Waals surface area contributed by atoms with Crippen LogP contribution in [0.5, 0.6) is 0 Å². The number of nitrogens with zero attached hydrogens (tertiary/aromatic N) is 2. The van der Waals surface area contributed by atoms with Crippen molar-refractivity contribution < 1.29 is 33.8 Å². The van der Waals surface area contributed by atoms with Crippen LogP contribution in [0.2, 0.25) is 0 Å². The molecule has 4 aliphatic rings. The molecule has 7 atom stereocenters. The Kier molecular flexibility index (Phi) is 8.38. The fourth-order valence-electron chi connectivity index (χ4n) is 5.93. The first-order valence-corrected chi connectivity index (χ1v) is 13.5. The fraction of sp³-hybridized carbons (Fsp3) is 0.704. The van der Waals surface area contributed by atoms with E-state index >= 15 is 0 Å². The van der Waals surface area contributed by atoms with E-state index in [1.165, 1.54) is 4.90 Å². The number of carbonyl (C=O) groups is 4. The molecule has 3 amide bonds. The molecule has 10 nitrogen and oxygen atoms in total. The number of hydrogen-bond donors (Lipinski definition) is 2. The molecule has 2 N–H and O–H groups in total. The Bertz CT molecular complexity index is 966. The van der Waals surface area contributed by atoms with Crippen LogP contribution in [0.25, 0.3) is 0 Å². The van der Waals surface area contributed by atoms with E-state index < -0.39 is 47.7 Å². The van der Waals surface area contributed by atoms with Crippen LogP contribution >= 0.6 is 0 Å². The Balaban J connectivity index is 1.74. The third-order valence-corrected chi connectivity index (χ3v) is 7.83. The number of esters is 1. The molecule has 5 bridgehead atoms. The largest absolute Gasteiger partial charge is 0.460 e. The second kappa shape index (κ2) is 11.3. The monoisotopic (exact) mass is 517 g/mol. The maximum atomic E-state index is 14.2. The molecule has 10 heteroatoms. The standard InChI is InChI=1S/C27H39N3O7/c1-4-5-8-13-29-14-9-6-7-10-20(32)28-15-18(3)36-26(35)21-19-11-12-27(37-19)22(21)24(33)30(17(2)16-31)23(27)25(29)34/h6,9,11-12,17-19,21-23,31H,4-5,7-8,10,13-16H2,1-3H3,(H,28,32)/b9-6-/t17-,18+,19-,21+,22+,23-,27+/m1/s1. The van der Waals surface area contributed by atoms with Gasteiger partial charge >= 0.3 is 5.97 Å². The molecule has 4 aliphatic heterocycles. The Morgan fingerprint density at radius 2 is 1.97 bits per heavy atom. The number of ether oxygens (including phenoxy) is 2. The van der Waals surface area contributed by atoms with Gasteiger partial charge in [0.1, 0.15) is 23.7 Å². The molecule has 1 spiro atoms. The normalized spacial score (nSPS) is 35.9. The molecule has 0 aromatic heterocycles. The zero-order valence-corrected chi connectivity index (χ0v) is 21.9. The lowest BCUT2D eigenvalue weighted by molar-refractivity contribution is -0.159. The molecule has 2 saturated heterocycles. The molecule has 4 heterocycles. The third-order valence-electron chi connectivity index (χ3n) is 7.83. The quantitative estimate of drug-likeness (QED) is 0.305. The van der Waals surface area contributed by atoms with Gasteiger partial charge in [-0.15, -0.1) is 0 Å². The molecule has 2 fully saturated rings. The summed E-state index contributed by atoms with van der Waals surface area (Å²) in [5, 5.41) is 12.8. The molecule has 4 rings (SSSR count). The summed E-state index contributed by atoms with van der Waals surface area (Å²) >= 11 is 0. The first-order chi connectivity index (χ1) is 17.7. The van der Waals surface area contributed by atoms with Crippen molar-refractivity contribution >= 4 is 23.7 Å². The third kappa shape index (κ3) is 5.05. The first kappa shape index (κ1) is 27.3. The maximum absolute atomic E-state index is 14.2. The van der Waals surface area contributed by atoms with E-state index in [2.05, 4.69) is 12.2 Å². The van der Waals surface area contributed by atoms with Gasteiger partial charge in [0.05, 0.1) is 31.2 Å². The molecule has 204 valence electrons. The van der Waals surface area contributed by atoms with E-state index in [0.29, 0.717) is 19.5 Å². The molecular formula is C27H39N3O7. The van der Waals surface area contributed by atoms with E-state index in [1.807, 2.05) is 12.2 Å². The first-order valence-electron chi connectivity index (χ1n) is 13.5. The van der Waals surface area contributed by atoms with Crippen LogP contribution in [0.4, 0.5) is 0 Å². The zero-order valence-electron chi connectivity index (χ0n) is 21.9. The number of aliphatic hydroxyl groups is 1. The van der Waals surface area contributed by atoms with Gasteiger partial charge in [-0.2, -0.15) is 0 Å². The highest BCUT2D eigenvalue weighted by Crippen LogP contribution is 2.56. The Labute approximate surface area is 218 Å². The van der Waals surface area contributed by atoms with Gasteiger partial charge in [0, 0.05) is 19.5 Å². The van der Waals surface area contributed by atoms with Crippen molar-refractivity contribution in [3.05, 3.63) is 24.3 Å². The zero-order chi connectivity index (χ0) is 26.7. The van der Waals surface area contributed by atoms with E-state index in [4.69, 9.17) is 9.47 Å². The van der Waals surface area contributed by atoms with Crippen LogP contribution in [0.3, 0.4) is 0 Å². The van der Waals surface area contributed by atoms with Crippen molar-refractivity contribution in [1.29, 1.82) is 0 Å². The van der Waals surface area contributed by atoms with Crippen LogP contribution in [-0.2, 0) is 28.7 Å². The van der Waals surface area contributed by atoms with Crippen molar-refractivity contribution in [2.24, 2.45) is 11.8 Å². The lowest BCUT2D eigenvalue weighted by atomic mass is 9.74. The Morgan fingerprint density at radius 1 is 1.19 bits per heavy atom. The number of allylic oxidation sites excluding steroid dienone is 1. The molecule has 37 heavy (non-hydrogen) atoms. The average molecular weight is 518 g/mol. The summed E-state index contributed by atoms with van der Waals surface area (Å²) < 4.78 is 12.0. The number of aliphatic hydroxyl groups excluding tert-OH is 1. The highest BCUT2D eigenvalue weighted by atomic mass is 16.6. The van der Waals surface area contributed by atoms with Crippen LogP contribution in [0.1, 0.15) is 52.9 Å². The predicted octanol–water partition coefficient (Wildman–Crippen LogP) is 0.935. The SMILES string of the molecule is CCCCCN1C/C=C\CCC(=O)NC[C@H](C)OC(=O)[C@@H]2[C@H]3C(=O)N([C@H](C)CO)[C@H](C1=O)[C@]31C=C[C@H]2O1. The number of cyclic esters (lactones) is 1. The molecule has 0 saturated carbocycles. The summed E-state index contributed by atoms with van der Waals surface area (Å²) in [6.07, 6.45) is 9.51. The Morgan fingerprint density at radius 3 is 2.70 bits per heavy atom. The second-order valence-electron chi connectivity index (χ2n) is 10.5. The number of carbonyl (C=O) groups excluding carboxylic acids is 4. The lowest BCUT2D eigenvalue weighted by Crippen LogP contribution is -2.58. The van der Waals surface area contributed by atoms with Gasteiger partial charge in [0.15, 0.2) is 0 Å². The molecule has 0 radical (unpaired) electrons. The average Bonchev–Trinajstić information content (AvgIpc) is 3.52. The van der Waals surface area contributed by atoms with E-state index in [9.17, 15) is 24.3 Å². The van der Waals surface area contributed by atoms with Gasteiger partial charge in [-0.3, -0.25) is 19.2 Å². The summed E-state index contributed by atoms with van der Waals surface area (Å²) in [6.45, 7) is 6.12. The van der Waals surface area contributed by atoms with Gasteiger partial charge in [0.25, 0.3) is 0 Å². The lowest BCUT2D eigenvalue weighted by Gasteiger charge is -2.37. The molecule has 0 aliphatic carbocycles. The molecule has 0 unspecified atom stereocenters. The minimum absolute atomic E-state index is 0.152.